The molecule has 0 aromatic heterocycles. The first-order chi connectivity index (χ1) is 15.2. The second kappa shape index (κ2) is 8.29. The summed E-state index contributed by atoms with van der Waals surface area (Å²) in [6.07, 6.45) is 9.90. The van der Waals surface area contributed by atoms with Crippen molar-refractivity contribution in [2.45, 2.75) is 12.8 Å². The Hall–Kier alpha value is -3.56. The smallest absolute Gasteiger partial charge is 0.255 e. The van der Waals surface area contributed by atoms with E-state index in [2.05, 4.69) is 39.8 Å². The van der Waals surface area contributed by atoms with Gasteiger partial charge in [0.25, 0.3) is 5.91 Å². The number of nitrogens with one attached hydrogen (secondary N) is 2. The van der Waals surface area contributed by atoms with E-state index in [1.807, 2.05) is 18.2 Å². The average molecular weight is 412 g/mol. The molecule has 1 saturated heterocycles. The van der Waals surface area contributed by atoms with Gasteiger partial charge in [-0.05, 0) is 60.1 Å². The highest BCUT2D eigenvalue weighted by atomic mass is 16.5. The monoisotopic (exact) mass is 412 g/mol. The van der Waals surface area contributed by atoms with Crippen molar-refractivity contribution >= 4 is 11.7 Å². The van der Waals surface area contributed by atoms with Crippen LogP contribution in [0.5, 0.6) is 0 Å². The Morgan fingerprint density at radius 1 is 1.06 bits per heavy atom. The molecule has 6 heteroatoms. The molecule has 4 aliphatic rings. The number of nitriles is 1. The molecule has 3 heterocycles. The van der Waals surface area contributed by atoms with Crippen molar-refractivity contribution in [3.8, 4) is 6.07 Å². The van der Waals surface area contributed by atoms with E-state index < -0.39 is 0 Å². The zero-order valence-electron chi connectivity index (χ0n) is 17.3. The Kier molecular flexibility index (Phi) is 5.19. The molecule has 0 atom stereocenters. The first kappa shape index (κ1) is 19.4. The van der Waals surface area contributed by atoms with Crippen LogP contribution in [0.15, 0.2) is 76.7 Å². The van der Waals surface area contributed by atoms with Crippen LogP contribution in [-0.2, 0) is 9.53 Å². The molecule has 1 amide bonds. The molecule has 0 radical (unpaired) electrons. The van der Waals surface area contributed by atoms with Crippen LogP contribution in [0, 0.1) is 11.3 Å². The highest BCUT2D eigenvalue weighted by molar-refractivity contribution is 5.98. The number of allylic oxidation sites excluding steroid dienone is 6. The van der Waals surface area contributed by atoms with Gasteiger partial charge in [-0.25, -0.2) is 0 Å². The van der Waals surface area contributed by atoms with Crippen LogP contribution >= 0.6 is 0 Å². The van der Waals surface area contributed by atoms with E-state index in [1.165, 1.54) is 5.70 Å². The molecule has 2 N–H and O–H groups in total. The van der Waals surface area contributed by atoms with Gasteiger partial charge in [-0.15, -0.1) is 0 Å². The largest absolute Gasteiger partial charge is 0.488 e. The van der Waals surface area contributed by atoms with Gasteiger partial charge in [-0.3, -0.25) is 4.79 Å². The predicted octanol–water partition coefficient (Wildman–Crippen LogP) is 2.75. The predicted molar refractivity (Wildman–Crippen MR) is 118 cm³/mol. The molecule has 5 rings (SSSR count). The van der Waals surface area contributed by atoms with Crippen molar-refractivity contribution in [2.24, 2.45) is 0 Å². The van der Waals surface area contributed by atoms with E-state index >= 15 is 0 Å². The zero-order chi connectivity index (χ0) is 21.2. The van der Waals surface area contributed by atoms with Gasteiger partial charge in [0.05, 0.1) is 17.2 Å². The fourth-order valence-corrected chi connectivity index (χ4v) is 4.34. The number of piperazine rings is 1. The van der Waals surface area contributed by atoms with Gasteiger partial charge < -0.3 is 20.3 Å². The molecule has 0 saturated carbocycles. The second-order valence-electron chi connectivity index (χ2n) is 8.04. The number of hydrogen-bond donors (Lipinski definition) is 2. The van der Waals surface area contributed by atoms with Crippen molar-refractivity contribution in [3.63, 3.8) is 0 Å². The van der Waals surface area contributed by atoms with E-state index in [0.29, 0.717) is 24.0 Å². The van der Waals surface area contributed by atoms with Crippen LogP contribution in [-0.4, -0.2) is 43.6 Å². The molecule has 3 aliphatic heterocycles. The molecular weight excluding hydrogens is 388 g/mol. The van der Waals surface area contributed by atoms with Crippen molar-refractivity contribution in [2.75, 3.05) is 32.8 Å². The van der Waals surface area contributed by atoms with E-state index in [4.69, 9.17) is 10.00 Å². The molecule has 156 valence electrons. The maximum Gasteiger partial charge on any atom is 0.255 e. The lowest BCUT2D eigenvalue weighted by molar-refractivity contribution is -0.117. The van der Waals surface area contributed by atoms with E-state index in [9.17, 15) is 4.79 Å². The van der Waals surface area contributed by atoms with Crippen LogP contribution < -0.4 is 10.6 Å². The van der Waals surface area contributed by atoms with Crippen LogP contribution in [0.4, 0.5) is 0 Å². The maximum absolute atomic E-state index is 12.9. The van der Waals surface area contributed by atoms with E-state index in [-0.39, 0.29) is 12.5 Å². The third-order valence-electron chi connectivity index (χ3n) is 6.09. The number of amides is 1. The Balaban J connectivity index is 1.47. The number of carbonyl (C=O) groups is 1. The summed E-state index contributed by atoms with van der Waals surface area (Å²) in [7, 11) is 0. The highest BCUT2D eigenvalue weighted by Gasteiger charge is 2.27. The molecule has 6 nitrogen and oxygen atoms in total. The quantitative estimate of drug-likeness (QED) is 0.781. The third kappa shape index (κ3) is 3.92. The van der Waals surface area contributed by atoms with Gasteiger partial charge >= 0.3 is 0 Å². The van der Waals surface area contributed by atoms with Gasteiger partial charge in [0.1, 0.15) is 12.4 Å². The molecule has 1 aromatic rings. The summed E-state index contributed by atoms with van der Waals surface area (Å²) in [6, 6.07) is 9.47. The minimum Gasteiger partial charge on any atom is -0.488 e. The van der Waals surface area contributed by atoms with Gasteiger partial charge in [0.2, 0.25) is 0 Å². The SMILES string of the molecule is N#Cc1ccc(C2=CC3=C(CO2)C(=O)NC2=C(C=C(N4CCNCC4)C=CC2)C3)cc1. The van der Waals surface area contributed by atoms with Crippen molar-refractivity contribution in [1.29, 1.82) is 5.26 Å². The van der Waals surface area contributed by atoms with Gasteiger partial charge in [-0.2, -0.15) is 5.26 Å². The van der Waals surface area contributed by atoms with E-state index in [0.717, 1.165) is 54.3 Å². The molecule has 31 heavy (non-hydrogen) atoms. The van der Waals surface area contributed by atoms with Crippen LogP contribution in [0.1, 0.15) is 24.0 Å². The first-order valence-electron chi connectivity index (χ1n) is 10.7. The number of ether oxygens (including phenoxy) is 1. The summed E-state index contributed by atoms with van der Waals surface area (Å²) in [6.45, 7) is 4.18. The first-order valence-corrected chi connectivity index (χ1v) is 10.7. The normalized spacial score (nSPS) is 21.0. The lowest BCUT2D eigenvalue weighted by atomic mass is 9.96. The maximum atomic E-state index is 12.9. The lowest BCUT2D eigenvalue weighted by Gasteiger charge is -2.30. The minimum atomic E-state index is -0.0810. The van der Waals surface area contributed by atoms with Crippen LogP contribution in [0.2, 0.25) is 0 Å². The number of benzene rings is 1. The summed E-state index contributed by atoms with van der Waals surface area (Å²) >= 11 is 0. The van der Waals surface area contributed by atoms with Crippen molar-refractivity contribution in [3.05, 3.63) is 87.8 Å². The van der Waals surface area contributed by atoms with E-state index in [1.54, 1.807) is 12.1 Å². The summed E-state index contributed by atoms with van der Waals surface area (Å²) < 4.78 is 5.92. The number of nitrogens with zero attached hydrogens (tertiary/aromatic N) is 2. The summed E-state index contributed by atoms with van der Waals surface area (Å²) in [5.41, 5.74) is 6.51. The van der Waals surface area contributed by atoms with Gasteiger partial charge in [0, 0.05) is 49.6 Å². The zero-order valence-corrected chi connectivity index (χ0v) is 17.3. The number of carbonyl (C=O) groups excluding carboxylic acids is 1. The molecule has 0 bridgehead atoms. The standard InChI is InChI=1S/C25H24N4O2/c26-15-17-4-6-18(7-5-17)24-14-19-12-20-13-21(29-10-8-27-9-11-29)2-1-3-23(20)28-25(30)22(19)16-31-24/h1-2,4-7,13-14,27H,3,8-12,16H2,(H,28,30). The topological polar surface area (TPSA) is 77.4 Å². The molecule has 1 aromatic carbocycles. The summed E-state index contributed by atoms with van der Waals surface area (Å²) in [5, 5.41) is 15.6. The summed E-state index contributed by atoms with van der Waals surface area (Å²) in [4.78, 5) is 15.3. The Labute approximate surface area is 181 Å². The Morgan fingerprint density at radius 2 is 1.87 bits per heavy atom. The Morgan fingerprint density at radius 3 is 2.65 bits per heavy atom. The third-order valence-corrected chi connectivity index (χ3v) is 6.09. The Bertz CT molecular complexity index is 1110. The van der Waals surface area contributed by atoms with Crippen LogP contribution in [0.3, 0.4) is 0 Å². The molecular formula is C25H24N4O2. The molecule has 1 aliphatic carbocycles. The number of hydrogen-bond acceptors (Lipinski definition) is 5. The van der Waals surface area contributed by atoms with Gasteiger partial charge in [-0.1, -0.05) is 6.08 Å². The molecule has 0 unspecified atom stereocenters. The van der Waals surface area contributed by atoms with Crippen molar-refractivity contribution in [1.82, 2.24) is 15.5 Å². The highest BCUT2D eigenvalue weighted by Crippen LogP contribution is 2.34. The van der Waals surface area contributed by atoms with Crippen molar-refractivity contribution < 1.29 is 9.53 Å². The van der Waals surface area contributed by atoms with Gasteiger partial charge in [0.15, 0.2) is 0 Å². The molecule has 1 fully saturated rings. The second-order valence-corrected chi connectivity index (χ2v) is 8.04. The summed E-state index contributed by atoms with van der Waals surface area (Å²) in [5.74, 6) is 0.653. The fraction of sp³-hybridized carbons (Fsp3) is 0.280. The minimum absolute atomic E-state index is 0.0810. The average Bonchev–Trinajstić information content (AvgIpc) is 3.08. The van der Waals surface area contributed by atoms with Crippen LogP contribution in [0.25, 0.3) is 5.76 Å². The lowest BCUT2D eigenvalue weighted by Crippen LogP contribution is -2.42. The fourth-order valence-electron chi connectivity index (χ4n) is 4.34. The number of rotatable bonds is 2. The molecule has 0 spiro atoms.